The van der Waals surface area contributed by atoms with Gasteiger partial charge in [-0.25, -0.2) is 0 Å². The van der Waals surface area contributed by atoms with E-state index in [9.17, 15) is 9.90 Å². The summed E-state index contributed by atoms with van der Waals surface area (Å²) >= 11 is 0. The van der Waals surface area contributed by atoms with E-state index in [2.05, 4.69) is 6.92 Å². The number of unbranched alkanes of at least 4 members (excludes halogenated alkanes) is 1. The Morgan fingerprint density at radius 1 is 1.32 bits per heavy atom. The van der Waals surface area contributed by atoms with E-state index in [1.165, 1.54) is 4.90 Å². The van der Waals surface area contributed by atoms with Crippen LogP contribution in [0.25, 0.3) is 0 Å². The summed E-state index contributed by atoms with van der Waals surface area (Å²) in [4.78, 5) is 15.8. The van der Waals surface area contributed by atoms with Crippen LogP contribution in [0.4, 0.5) is 0 Å². The number of nitrogens with zero attached hydrogens (tertiary/aromatic N) is 1. The first-order valence-corrected chi connectivity index (χ1v) is 8.47. The number of quaternary nitrogens is 1. The van der Waals surface area contributed by atoms with E-state index in [4.69, 9.17) is 0 Å². The maximum absolute atomic E-state index is 12.4. The highest BCUT2D eigenvalue weighted by Gasteiger charge is 2.29. The zero-order valence-electron chi connectivity index (χ0n) is 13.8. The monoisotopic (exact) mass is 305 g/mol. The molecule has 0 spiro atoms. The number of nitrogens with one attached hydrogen (secondary N) is 1. The predicted molar refractivity (Wildman–Crippen MR) is 87.8 cm³/mol. The predicted octanol–water partition coefficient (Wildman–Crippen LogP) is 1.45. The van der Waals surface area contributed by atoms with Crippen molar-refractivity contribution in [3.8, 4) is 5.75 Å². The number of phenols is 1. The van der Waals surface area contributed by atoms with Crippen molar-refractivity contribution in [2.45, 2.75) is 39.2 Å². The third-order valence-corrected chi connectivity index (χ3v) is 4.70. The summed E-state index contributed by atoms with van der Waals surface area (Å²) in [5, 5.41) is 9.86. The van der Waals surface area contributed by atoms with Crippen molar-refractivity contribution < 1.29 is 14.8 Å². The first kappa shape index (κ1) is 16.8. The molecule has 122 valence electrons. The molecule has 0 bridgehead atoms. The maximum Gasteiger partial charge on any atom is 0.225 e. The van der Waals surface area contributed by atoms with Crippen molar-refractivity contribution in [2.24, 2.45) is 5.92 Å². The molecule has 1 saturated heterocycles. The van der Waals surface area contributed by atoms with E-state index in [-0.39, 0.29) is 5.92 Å². The van der Waals surface area contributed by atoms with Crippen molar-refractivity contribution in [3.05, 3.63) is 29.8 Å². The summed E-state index contributed by atoms with van der Waals surface area (Å²) < 4.78 is 0. The largest absolute Gasteiger partial charge is 0.507 e. The lowest BCUT2D eigenvalue weighted by Gasteiger charge is -2.31. The molecule has 1 heterocycles. The van der Waals surface area contributed by atoms with Crippen molar-refractivity contribution in [2.75, 3.05) is 26.7 Å². The zero-order chi connectivity index (χ0) is 15.9. The van der Waals surface area contributed by atoms with Crippen LogP contribution in [0.1, 0.15) is 38.2 Å². The van der Waals surface area contributed by atoms with Crippen LogP contribution in [0.2, 0.25) is 0 Å². The Labute approximate surface area is 133 Å². The van der Waals surface area contributed by atoms with Gasteiger partial charge in [-0.15, -0.1) is 0 Å². The summed E-state index contributed by atoms with van der Waals surface area (Å²) in [7, 11) is 1.93. The van der Waals surface area contributed by atoms with Gasteiger partial charge in [0, 0.05) is 37.9 Å². The Balaban J connectivity index is 1.80. The highest BCUT2D eigenvalue weighted by molar-refractivity contribution is 5.78. The van der Waals surface area contributed by atoms with Gasteiger partial charge in [-0.05, 0) is 18.6 Å². The van der Waals surface area contributed by atoms with Gasteiger partial charge in [0.05, 0.1) is 13.1 Å². The third-order valence-electron chi connectivity index (χ3n) is 4.70. The van der Waals surface area contributed by atoms with Gasteiger partial charge in [0.15, 0.2) is 0 Å². The van der Waals surface area contributed by atoms with Crippen LogP contribution in [0.5, 0.6) is 5.75 Å². The number of carbonyl (C=O) groups excluding carboxylic acids is 1. The highest BCUT2D eigenvalue weighted by atomic mass is 16.3. The lowest BCUT2D eigenvalue weighted by molar-refractivity contribution is -0.919. The average molecular weight is 305 g/mol. The summed E-state index contributed by atoms with van der Waals surface area (Å²) in [6.45, 7) is 5.89. The molecule has 0 radical (unpaired) electrons. The van der Waals surface area contributed by atoms with Crippen LogP contribution in [-0.4, -0.2) is 42.6 Å². The molecule has 1 aromatic rings. The second kappa shape index (κ2) is 8.18. The van der Waals surface area contributed by atoms with Crippen LogP contribution in [0, 0.1) is 5.92 Å². The second-order valence-corrected chi connectivity index (χ2v) is 6.44. The normalized spacial score (nSPS) is 21.5. The molecule has 2 rings (SSSR count). The summed E-state index contributed by atoms with van der Waals surface area (Å²) in [6.07, 6.45) is 4.12. The molecule has 0 saturated carbocycles. The Bertz CT molecular complexity index is 482. The van der Waals surface area contributed by atoms with E-state index < -0.39 is 0 Å². The van der Waals surface area contributed by atoms with Gasteiger partial charge in [-0.3, -0.25) is 4.79 Å². The number of hydrogen-bond donors (Lipinski definition) is 2. The van der Waals surface area contributed by atoms with E-state index in [0.29, 0.717) is 11.7 Å². The third kappa shape index (κ3) is 4.47. The van der Waals surface area contributed by atoms with Crippen molar-refractivity contribution in [1.82, 2.24) is 4.90 Å². The van der Waals surface area contributed by atoms with Gasteiger partial charge in [0.1, 0.15) is 12.3 Å². The lowest BCUT2D eigenvalue weighted by Crippen LogP contribution is -3.11. The van der Waals surface area contributed by atoms with Gasteiger partial charge in [0.25, 0.3) is 0 Å². The molecule has 1 aliphatic rings. The second-order valence-electron chi connectivity index (χ2n) is 6.44. The first-order valence-electron chi connectivity index (χ1n) is 8.47. The van der Waals surface area contributed by atoms with Crippen LogP contribution in [0.15, 0.2) is 24.3 Å². The molecule has 1 amide bonds. The Hall–Kier alpha value is -1.55. The number of aromatic hydroxyl groups is 1. The number of para-hydroxylation sites is 1. The molecule has 0 aliphatic carbocycles. The molecule has 0 aromatic heterocycles. The molecule has 1 fully saturated rings. The molecule has 0 unspecified atom stereocenters. The van der Waals surface area contributed by atoms with Crippen LogP contribution < -0.4 is 4.90 Å². The number of benzene rings is 1. The minimum Gasteiger partial charge on any atom is -0.507 e. The number of carbonyl (C=O) groups is 1. The minimum atomic E-state index is 0.190. The number of rotatable bonds is 6. The fourth-order valence-corrected chi connectivity index (χ4v) is 3.20. The average Bonchev–Trinajstić information content (AvgIpc) is 2.55. The number of likely N-dealkylation sites (tertiary alicyclic amines) is 1. The fourth-order valence-electron chi connectivity index (χ4n) is 3.20. The summed E-state index contributed by atoms with van der Waals surface area (Å²) in [5.74, 6) is 0.887. The minimum absolute atomic E-state index is 0.190. The van der Waals surface area contributed by atoms with Gasteiger partial charge in [-0.2, -0.15) is 0 Å². The number of piperidine rings is 1. The van der Waals surface area contributed by atoms with Gasteiger partial charge in [0.2, 0.25) is 5.91 Å². The molecule has 1 aliphatic heterocycles. The van der Waals surface area contributed by atoms with E-state index in [1.807, 2.05) is 30.1 Å². The maximum atomic E-state index is 12.4. The smallest absolute Gasteiger partial charge is 0.225 e. The first-order chi connectivity index (χ1) is 10.6. The molecular formula is C18H29N2O2+. The molecule has 1 aromatic carbocycles. The van der Waals surface area contributed by atoms with Crippen molar-refractivity contribution in [1.29, 1.82) is 0 Å². The Morgan fingerprint density at radius 3 is 2.64 bits per heavy atom. The Kier molecular flexibility index (Phi) is 6.25. The molecule has 2 N–H and O–H groups in total. The molecule has 22 heavy (non-hydrogen) atoms. The molecular weight excluding hydrogens is 276 g/mol. The van der Waals surface area contributed by atoms with Crippen LogP contribution in [0.3, 0.4) is 0 Å². The topological polar surface area (TPSA) is 45.0 Å². The fraction of sp³-hybridized carbons (Fsp3) is 0.611. The van der Waals surface area contributed by atoms with Gasteiger partial charge < -0.3 is 14.9 Å². The lowest BCUT2D eigenvalue weighted by atomic mass is 9.95. The Morgan fingerprint density at radius 2 is 2.00 bits per heavy atom. The van der Waals surface area contributed by atoms with Crippen LogP contribution >= 0.6 is 0 Å². The summed E-state index contributed by atoms with van der Waals surface area (Å²) in [6, 6.07) is 7.55. The van der Waals surface area contributed by atoms with Gasteiger partial charge in [-0.1, -0.05) is 25.5 Å². The number of hydrogen-bond acceptors (Lipinski definition) is 2. The SMILES string of the molecule is CCCCN(C)C(=O)C1CC[NH+](Cc2ccccc2O)CC1. The molecule has 4 heteroatoms. The molecule has 4 nitrogen and oxygen atoms in total. The van der Waals surface area contributed by atoms with Crippen LogP contribution in [-0.2, 0) is 11.3 Å². The van der Waals surface area contributed by atoms with E-state index in [1.54, 1.807) is 6.07 Å². The molecule has 0 atom stereocenters. The number of phenolic OH excluding ortho intramolecular Hbond substituents is 1. The van der Waals surface area contributed by atoms with E-state index >= 15 is 0 Å². The van der Waals surface area contributed by atoms with Crippen molar-refractivity contribution in [3.63, 3.8) is 0 Å². The van der Waals surface area contributed by atoms with Gasteiger partial charge >= 0.3 is 0 Å². The zero-order valence-corrected chi connectivity index (χ0v) is 13.8. The van der Waals surface area contributed by atoms with E-state index in [0.717, 1.165) is 57.4 Å². The quantitative estimate of drug-likeness (QED) is 0.835. The highest BCUT2D eigenvalue weighted by Crippen LogP contribution is 2.16. The summed E-state index contributed by atoms with van der Waals surface area (Å²) in [5.41, 5.74) is 1.00. The standard InChI is InChI=1S/C18H28N2O2/c1-3-4-11-19(2)18(22)15-9-12-20(13-10-15)14-16-7-5-6-8-17(16)21/h5-8,15,21H,3-4,9-14H2,1-2H3/p+1. The number of amides is 1. The van der Waals surface area contributed by atoms with Crippen molar-refractivity contribution >= 4 is 5.91 Å².